The average Bonchev–Trinajstić information content (AvgIpc) is 2.65. The number of hydrogen-bond acceptors (Lipinski definition) is 2. The third-order valence-electron chi connectivity index (χ3n) is 1.73. The first kappa shape index (κ1) is 8.96. The lowest BCUT2D eigenvalue weighted by Gasteiger charge is -2.11. The maximum atomic E-state index is 11.1. The molecule has 0 atom stereocenters. The maximum absolute atomic E-state index is 11.1. The Hall–Kier alpha value is -0.130. The fourth-order valence-electron chi connectivity index (χ4n) is 0.674. The molecular weight excluding hydrogens is 164 g/mol. The van der Waals surface area contributed by atoms with Crippen molar-refractivity contribution in [3.63, 3.8) is 0 Å². The van der Waals surface area contributed by atoms with Gasteiger partial charge in [0, 0.05) is 20.6 Å². The molecule has 0 radical (unpaired) electrons. The van der Waals surface area contributed by atoms with E-state index in [1.54, 1.807) is 0 Å². The van der Waals surface area contributed by atoms with E-state index in [9.17, 15) is 8.42 Å². The van der Waals surface area contributed by atoms with E-state index in [4.69, 9.17) is 0 Å². The topological polar surface area (TPSA) is 49.4 Å². The van der Waals surface area contributed by atoms with Gasteiger partial charge in [-0.25, -0.2) is 4.72 Å². The molecule has 0 saturated heterocycles. The molecule has 1 aliphatic carbocycles. The summed E-state index contributed by atoms with van der Waals surface area (Å²) in [6.07, 6.45) is 2.33. The van der Waals surface area contributed by atoms with Gasteiger partial charge in [-0.2, -0.15) is 12.7 Å². The van der Waals surface area contributed by atoms with E-state index in [2.05, 4.69) is 4.72 Å². The molecule has 5 heteroatoms. The second kappa shape index (κ2) is 3.08. The van der Waals surface area contributed by atoms with Gasteiger partial charge < -0.3 is 0 Å². The Labute approximate surface area is 67.8 Å². The molecule has 0 amide bonds. The third-order valence-corrected chi connectivity index (χ3v) is 3.22. The Morgan fingerprint density at radius 1 is 1.45 bits per heavy atom. The molecule has 4 nitrogen and oxygen atoms in total. The first-order chi connectivity index (χ1) is 5.02. The molecular formula is C6H14N2O2S. The zero-order valence-corrected chi connectivity index (χ0v) is 7.69. The molecule has 0 aromatic heterocycles. The minimum Gasteiger partial charge on any atom is -0.202 e. The molecule has 66 valence electrons. The third kappa shape index (κ3) is 2.76. The fourth-order valence-corrected chi connectivity index (χ4v) is 1.38. The molecule has 1 rings (SSSR count). The van der Waals surface area contributed by atoms with Gasteiger partial charge in [0.1, 0.15) is 0 Å². The standard InChI is InChI=1S/C6H14N2O2S/c1-8(2)11(9,10)7-5-6-3-4-6/h6-7H,3-5H2,1-2H3. The second-order valence-corrected chi connectivity index (χ2v) is 5.05. The van der Waals surface area contributed by atoms with Crippen LogP contribution >= 0.6 is 0 Å². The van der Waals surface area contributed by atoms with Crippen molar-refractivity contribution in [1.29, 1.82) is 0 Å². The number of hydrogen-bond donors (Lipinski definition) is 1. The van der Waals surface area contributed by atoms with Gasteiger partial charge in [0.2, 0.25) is 0 Å². The summed E-state index contributed by atoms with van der Waals surface area (Å²) in [6, 6.07) is 0. The average molecular weight is 178 g/mol. The Bertz CT molecular complexity index is 219. The quantitative estimate of drug-likeness (QED) is 0.647. The van der Waals surface area contributed by atoms with E-state index in [1.807, 2.05) is 0 Å². The summed E-state index contributed by atoms with van der Waals surface area (Å²) in [5, 5.41) is 0. The minimum absolute atomic E-state index is 0.588. The van der Waals surface area contributed by atoms with Crippen LogP contribution in [0.3, 0.4) is 0 Å². The van der Waals surface area contributed by atoms with Crippen LogP contribution in [0.2, 0.25) is 0 Å². The fraction of sp³-hybridized carbons (Fsp3) is 1.00. The van der Waals surface area contributed by atoms with Crippen molar-refractivity contribution in [2.45, 2.75) is 12.8 Å². The van der Waals surface area contributed by atoms with Crippen molar-refractivity contribution in [3.8, 4) is 0 Å². The van der Waals surface area contributed by atoms with Crippen molar-refractivity contribution in [2.75, 3.05) is 20.6 Å². The first-order valence-electron chi connectivity index (χ1n) is 3.69. The maximum Gasteiger partial charge on any atom is 0.278 e. The Morgan fingerprint density at radius 3 is 2.36 bits per heavy atom. The smallest absolute Gasteiger partial charge is 0.202 e. The van der Waals surface area contributed by atoms with Gasteiger partial charge in [-0.05, 0) is 18.8 Å². The molecule has 0 aromatic rings. The number of nitrogens with zero attached hydrogens (tertiary/aromatic N) is 1. The normalized spacial score (nSPS) is 19.2. The molecule has 1 saturated carbocycles. The van der Waals surface area contributed by atoms with Gasteiger partial charge in [0.15, 0.2) is 0 Å². The van der Waals surface area contributed by atoms with Crippen LogP contribution < -0.4 is 4.72 Å². The van der Waals surface area contributed by atoms with Crippen molar-refractivity contribution in [3.05, 3.63) is 0 Å². The van der Waals surface area contributed by atoms with Crippen LogP contribution in [-0.4, -0.2) is 33.4 Å². The highest BCUT2D eigenvalue weighted by Crippen LogP contribution is 2.27. The molecule has 1 aliphatic rings. The van der Waals surface area contributed by atoms with Crippen molar-refractivity contribution in [1.82, 2.24) is 9.03 Å². The van der Waals surface area contributed by atoms with Gasteiger partial charge >= 0.3 is 0 Å². The Kier molecular flexibility index (Phi) is 2.51. The van der Waals surface area contributed by atoms with Crippen molar-refractivity contribution >= 4 is 10.2 Å². The summed E-state index contributed by atoms with van der Waals surface area (Å²) < 4.78 is 25.9. The zero-order valence-electron chi connectivity index (χ0n) is 6.87. The van der Waals surface area contributed by atoms with E-state index >= 15 is 0 Å². The molecule has 0 aliphatic heterocycles. The van der Waals surface area contributed by atoms with E-state index < -0.39 is 10.2 Å². The lowest BCUT2D eigenvalue weighted by Crippen LogP contribution is -2.36. The molecule has 0 heterocycles. The van der Waals surface area contributed by atoms with Crippen LogP contribution in [-0.2, 0) is 10.2 Å². The van der Waals surface area contributed by atoms with Crippen LogP contribution in [0.15, 0.2) is 0 Å². The van der Waals surface area contributed by atoms with Crippen LogP contribution in [0, 0.1) is 5.92 Å². The summed E-state index contributed by atoms with van der Waals surface area (Å²) in [4.78, 5) is 0. The zero-order chi connectivity index (χ0) is 8.48. The van der Waals surface area contributed by atoms with Crippen LogP contribution in [0.25, 0.3) is 0 Å². The predicted octanol–water partition coefficient (Wildman–Crippen LogP) is -0.208. The molecule has 11 heavy (non-hydrogen) atoms. The molecule has 0 spiro atoms. The minimum atomic E-state index is -3.17. The van der Waals surface area contributed by atoms with Crippen LogP contribution in [0.4, 0.5) is 0 Å². The number of nitrogens with one attached hydrogen (secondary N) is 1. The Balaban J connectivity index is 2.33. The van der Waals surface area contributed by atoms with E-state index in [1.165, 1.54) is 18.4 Å². The Morgan fingerprint density at radius 2 is 2.00 bits per heavy atom. The second-order valence-electron chi connectivity index (χ2n) is 3.08. The summed E-state index contributed by atoms with van der Waals surface area (Å²) in [7, 11) is -0.124. The lowest BCUT2D eigenvalue weighted by molar-refractivity contribution is 0.503. The molecule has 0 aromatic carbocycles. The summed E-state index contributed by atoms with van der Waals surface area (Å²) in [5.74, 6) is 0.588. The van der Waals surface area contributed by atoms with Crippen molar-refractivity contribution < 1.29 is 8.42 Å². The monoisotopic (exact) mass is 178 g/mol. The summed E-state index contributed by atoms with van der Waals surface area (Å²) in [5.41, 5.74) is 0. The summed E-state index contributed by atoms with van der Waals surface area (Å²) >= 11 is 0. The van der Waals surface area contributed by atoms with E-state index in [-0.39, 0.29) is 0 Å². The van der Waals surface area contributed by atoms with Gasteiger partial charge in [-0.3, -0.25) is 0 Å². The highest BCUT2D eigenvalue weighted by atomic mass is 32.2. The highest BCUT2D eigenvalue weighted by molar-refractivity contribution is 7.87. The van der Waals surface area contributed by atoms with Crippen LogP contribution in [0.1, 0.15) is 12.8 Å². The molecule has 1 fully saturated rings. The van der Waals surface area contributed by atoms with E-state index in [0.29, 0.717) is 12.5 Å². The molecule has 0 bridgehead atoms. The van der Waals surface area contributed by atoms with E-state index in [0.717, 1.165) is 12.8 Å². The highest BCUT2D eigenvalue weighted by Gasteiger charge is 2.23. The van der Waals surface area contributed by atoms with Crippen molar-refractivity contribution in [2.24, 2.45) is 5.92 Å². The molecule has 0 unspecified atom stereocenters. The largest absolute Gasteiger partial charge is 0.278 e. The van der Waals surface area contributed by atoms with Crippen LogP contribution in [0.5, 0.6) is 0 Å². The summed E-state index contributed by atoms with van der Waals surface area (Å²) in [6.45, 7) is 0.598. The lowest BCUT2D eigenvalue weighted by atomic mass is 10.4. The van der Waals surface area contributed by atoms with Gasteiger partial charge in [-0.15, -0.1) is 0 Å². The molecule has 1 N–H and O–H groups in total. The number of rotatable bonds is 4. The predicted molar refractivity (Wildman–Crippen MR) is 43.3 cm³/mol. The van der Waals surface area contributed by atoms with Gasteiger partial charge in [0.25, 0.3) is 10.2 Å². The SMILES string of the molecule is CN(C)S(=O)(=O)NCC1CC1. The van der Waals surface area contributed by atoms with Gasteiger partial charge in [0.05, 0.1) is 0 Å². The van der Waals surface area contributed by atoms with Gasteiger partial charge in [-0.1, -0.05) is 0 Å². The first-order valence-corrected chi connectivity index (χ1v) is 5.13.